The zero-order chi connectivity index (χ0) is 19.0. The van der Waals surface area contributed by atoms with Crippen molar-refractivity contribution >= 4 is 44.1 Å². The Labute approximate surface area is 162 Å². The van der Waals surface area contributed by atoms with E-state index in [1.54, 1.807) is 32.6 Å². The van der Waals surface area contributed by atoms with Gasteiger partial charge in [0.05, 0.1) is 20.4 Å². The van der Waals surface area contributed by atoms with E-state index in [1.165, 1.54) is 11.0 Å². The molecule has 0 spiro atoms. The molecule has 0 aliphatic rings. The highest BCUT2D eigenvalue weighted by Crippen LogP contribution is 2.27. The summed E-state index contributed by atoms with van der Waals surface area (Å²) in [6, 6.07) is 11.1. The normalized spacial score (nSPS) is 11.5. The Kier molecular flexibility index (Phi) is 4.41. The first-order valence-electron chi connectivity index (χ1n) is 8.05. The van der Waals surface area contributed by atoms with Gasteiger partial charge in [-0.25, -0.2) is 4.98 Å². The summed E-state index contributed by atoms with van der Waals surface area (Å²) < 4.78 is 12.6. The summed E-state index contributed by atoms with van der Waals surface area (Å²) >= 11 is 3.44. The highest BCUT2D eigenvalue weighted by Gasteiger charge is 2.11. The first kappa shape index (κ1) is 17.3. The van der Waals surface area contributed by atoms with Crippen molar-refractivity contribution in [3.63, 3.8) is 0 Å². The van der Waals surface area contributed by atoms with Crippen molar-refractivity contribution in [2.45, 2.75) is 0 Å². The minimum absolute atomic E-state index is 0.274. The first-order valence-corrected chi connectivity index (χ1v) is 8.85. The van der Waals surface area contributed by atoms with Crippen molar-refractivity contribution in [1.82, 2.24) is 14.6 Å². The van der Waals surface area contributed by atoms with Crippen LogP contribution in [0, 0.1) is 0 Å². The van der Waals surface area contributed by atoms with E-state index in [0.29, 0.717) is 22.5 Å². The molecule has 4 aromatic rings. The summed E-state index contributed by atoms with van der Waals surface area (Å²) in [5.74, 6) is 1.21. The van der Waals surface area contributed by atoms with Gasteiger partial charge in [-0.15, -0.1) is 0 Å². The number of benzene rings is 2. The molecule has 0 saturated carbocycles. The minimum atomic E-state index is -0.274. The second kappa shape index (κ2) is 6.88. The molecular formula is C19H15BrN4O3. The number of nitrogens with zero attached hydrogens (tertiary/aromatic N) is 3. The van der Waals surface area contributed by atoms with Gasteiger partial charge in [-0.05, 0) is 42.0 Å². The van der Waals surface area contributed by atoms with Crippen LogP contribution in [0.5, 0.6) is 11.5 Å². The van der Waals surface area contributed by atoms with E-state index >= 15 is 0 Å². The van der Waals surface area contributed by atoms with Crippen LogP contribution >= 0.6 is 15.9 Å². The molecule has 2 aromatic carbocycles. The van der Waals surface area contributed by atoms with Crippen LogP contribution < -0.4 is 15.0 Å². The summed E-state index contributed by atoms with van der Waals surface area (Å²) in [5, 5.41) is 5.12. The average Bonchev–Trinajstić information content (AvgIpc) is 3.06. The molecule has 0 aliphatic heterocycles. The third kappa shape index (κ3) is 3.08. The molecule has 0 unspecified atom stereocenters. The summed E-state index contributed by atoms with van der Waals surface area (Å²) in [7, 11) is 3.14. The Balaban J connectivity index is 1.76. The van der Waals surface area contributed by atoms with Crippen LogP contribution in [-0.4, -0.2) is 35.1 Å². The molecule has 0 saturated heterocycles. The van der Waals surface area contributed by atoms with Gasteiger partial charge in [-0.2, -0.15) is 9.78 Å². The second-order valence-corrected chi connectivity index (χ2v) is 6.71. The number of aromatic amines is 1. The van der Waals surface area contributed by atoms with Crippen LogP contribution in [-0.2, 0) is 0 Å². The third-order valence-corrected chi connectivity index (χ3v) is 4.68. The number of fused-ring (bicyclic) bond motifs is 3. The number of ether oxygens (including phenoxy) is 2. The highest BCUT2D eigenvalue weighted by atomic mass is 79.9. The van der Waals surface area contributed by atoms with Crippen LogP contribution in [0.3, 0.4) is 0 Å². The zero-order valence-electron chi connectivity index (χ0n) is 14.6. The van der Waals surface area contributed by atoms with E-state index in [0.717, 1.165) is 20.9 Å². The highest BCUT2D eigenvalue weighted by molar-refractivity contribution is 9.10. The smallest absolute Gasteiger partial charge is 0.298 e. The van der Waals surface area contributed by atoms with Crippen molar-refractivity contribution in [3.05, 3.63) is 63.1 Å². The van der Waals surface area contributed by atoms with Gasteiger partial charge in [-0.3, -0.25) is 4.79 Å². The maximum Gasteiger partial charge on any atom is 0.298 e. The quantitative estimate of drug-likeness (QED) is 0.506. The molecule has 136 valence electrons. The summed E-state index contributed by atoms with van der Waals surface area (Å²) in [5.41, 5.74) is 2.37. The average molecular weight is 427 g/mol. The van der Waals surface area contributed by atoms with Gasteiger partial charge in [0, 0.05) is 15.4 Å². The van der Waals surface area contributed by atoms with Crippen LogP contribution in [0.2, 0.25) is 0 Å². The van der Waals surface area contributed by atoms with Crippen LogP contribution in [0.4, 0.5) is 0 Å². The molecule has 0 bridgehead atoms. The maximum atomic E-state index is 12.7. The molecule has 4 rings (SSSR count). The molecule has 8 heteroatoms. The number of aromatic nitrogens is 3. The zero-order valence-corrected chi connectivity index (χ0v) is 16.1. The monoisotopic (exact) mass is 426 g/mol. The molecule has 2 aromatic heterocycles. The molecule has 2 heterocycles. The number of H-pyrrole nitrogens is 1. The van der Waals surface area contributed by atoms with Gasteiger partial charge in [0.2, 0.25) is 0 Å². The van der Waals surface area contributed by atoms with E-state index in [4.69, 9.17) is 9.47 Å². The first-order chi connectivity index (χ1) is 13.1. The number of methoxy groups -OCH3 is 2. The molecule has 0 amide bonds. The fraction of sp³-hybridized carbons (Fsp3) is 0.105. The van der Waals surface area contributed by atoms with Gasteiger partial charge in [0.25, 0.3) is 5.56 Å². The van der Waals surface area contributed by atoms with E-state index < -0.39 is 0 Å². The third-order valence-electron chi connectivity index (χ3n) is 4.19. The molecule has 0 radical (unpaired) electrons. The number of hydrogen-bond acceptors (Lipinski definition) is 5. The SMILES string of the molecule is COc1ccc(/C=N\n2cnc3c([nH]c4ccc(Br)cc43)c2=O)cc1OC. The largest absolute Gasteiger partial charge is 0.493 e. The molecule has 7 nitrogen and oxygen atoms in total. The lowest BCUT2D eigenvalue weighted by atomic mass is 10.2. The van der Waals surface area contributed by atoms with Crippen molar-refractivity contribution in [2.24, 2.45) is 5.10 Å². The topological polar surface area (TPSA) is 81.5 Å². The fourth-order valence-corrected chi connectivity index (χ4v) is 3.22. The van der Waals surface area contributed by atoms with Gasteiger partial charge in [0.15, 0.2) is 11.5 Å². The number of hydrogen-bond donors (Lipinski definition) is 1. The Bertz CT molecular complexity index is 1240. The summed E-state index contributed by atoms with van der Waals surface area (Å²) in [4.78, 5) is 20.3. The van der Waals surface area contributed by atoms with Crippen molar-refractivity contribution in [1.29, 1.82) is 0 Å². The standard InChI is InChI=1S/C19H15BrN4O3/c1-26-15-6-3-11(7-16(15)27-2)9-22-24-10-21-17-13-8-12(20)4-5-14(13)23-18(17)19(24)25/h3-10,23H,1-2H3/b22-9-. The molecular weight excluding hydrogens is 412 g/mol. The number of nitrogens with one attached hydrogen (secondary N) is 1. The Morgan fingerprint density at radius 2 is 1.96 bits per heavy atom. The molecule has 0 aliphatic carbocycles. The van der Waals surface area contributed by atoms with Gasteiger partial charge in [-0.1, -0.05) is 15.9 Å². The van der Waals surface area contributed by atoms with Gasteiger partial charge < -0.3 is 14.5 Å². The predicted molar refractivity (Wildman–Crippen MR) is 108 cm³/mol. The molecule has 0 fully saturated rings. The lowest BCUT2D eigenvalue weighted by Gasteiger charge is -2.07. The summed E-state index contributed by atoms with van der Waals surface area (Å²) in [6.07, 6.45) is 2.98. The number of halogens is 1. The fourth-order valence-electron chi connectivity index (χ4n) is 2.86. The Morgan fingerprint density at radius 1 is 1.15 bits per heavy atom. The molecule has 0 atom stereocenters. The van der Waals surface area contributed by atoms with Crippen LogP contribution in [0.25, 0.3) is 21.9 Å². The van der Waals surface area contributed by atoms with E-state index in [9.17, 15) is 4.79 Å². The maximum absolute atomic E-state index is 12.7. The Hall–Kier alpha value is -3.13. The van der Waals surface area contributed by atoms with E-state index in [1.807, 2.05) is 24.3 Å². The van der Waals surface area contributed by atoms with Crippen molar-refractivity contribution in [2.75, 3.05) is 14.2 Å². The molecule has 1 N–H and O–H groups in total. The van der Waals surface area contributed by atoms with Crippen molar-refractivity contribution in [3.8, 4) is 11.5 Å². The van der Waals surface area contributed by atoms with Crippen molar-refractivity contribution < 1.29 is 9.47 Å². The van der Waals surface area contributed by atoms with Gasteiger partial charge >= 0.3 is 0 Å². The van der Waals surface area contributed by atoms with Crippen LogP contribution in [0.1, 0.15) is 5.56 Å². The summed E-state index contributed by atoms with van der Waals surface area (Å²) in [6.45, 7) is 0. The lowest BCUT2D eigenvalue weighted by molar-refractivity contribution is 0.355. The number of rotatable bonds is 4. The van der Waals surface area contributed by atoms with E-state index in [2.05, 4.69) is 31.0 Å². The van der Waals surface area contributed by atoms with Crippen LogP contribution in [0.15, 0.2) is 57.1 Å². The van der Waals surface area contributed by atoms with E-state index in [-0.39, 0.29) is 5.56 Å². The predicted octanol–water partition coefficient (Wildman–Crippen LogP) is 3.54. The minimum Gasteiger partial charge on any atom is -0.493 e. The lowest BCUT2D eigenvalue weighted by Crippen LogP contribution is -2.17. The van der Waals surface area contributed by atoms with Gasteiger partial charge in [0.1, 0.15) is 17.4 Å². The second-order valence-electron chi connectivity index (χ2n) is 5.79. The Morgan fingerprint density at radius 3 is 2.74 bits per heavy atom. The molecule has 27 heavy (non-hydrogen) atoms.